The van der Waals surface area contributed by atoms with E-state index in [9.17, 15) is 5.11 Å². The molecular weight excluding hydrogens is 254 g/mol. The van der Waals surface area contributed by atoms with Crippen molar-refractivity contribution in [3.05, 3.63) is 71.8 Å². The minimum atomic E-state index is -1.06. The van der Waals surface area contributed by atoms with Crippen LogP contribution in [-0.4, -0.2) is 15.9 Å². The van der Waals surface area contributed by atoms with Crippen LogP contribution in [0.4, 0.5) is 0 Å². The van der Waals surface area contributed by atoms with Crippen LogP contribution in [0.15, 0.2) is 65.7 Å². The predicted molar refractivity (Wildman–Crippen MR) is 80.4 cm³/mol. The Labute approximate surface area is 117 Å². The van der Waals surface area contributed by atoms with Gasteiger partial charge in [0.1, 0.15) is 5.04 Å². The molecule has 2 aromatic rings. The Kier molecular flexibility index (Phi) is 3.17. The first kappa shape index (κ1) is 12.5. The molecule has 19 heavy (non-hydrogen) atoms. The van der Waals surface area contributed by atoms with Crippen molar-refractivity contribution in [2.45, 2.75) is 17.9 Å². The molecule has 2 atom stereocenters. The molecule has 0 aromatic heterocycles. The van der Waals surface area contributed by atoms with E-state index in [0.29, 0.717) is 0 Å². The first-order valence-electron chi connectivity index (χ1n) is 6.26. The molecule has 0 fully saturated rings. The van der Waals surface area contributed by atoms with Crippen molar-refractivity contribution in [3.63, 3.8) is 0 Å². The molecular formula is C16H15NOS. The summed E-state index contributed by atoms with van der Waals surface area (Å²) in [5, 5.41) is 11.4. The van der Waals surface area contributed by atoms with Crippen molar-refractivity contribution >= 4 is 16.8 Å². The van der Waals surface area contributed by atoms with E-state index in [-0.39, 0.29) is 5.25 Å². The number of hydrogen-bond acceptors (Lipinski definition) is 3. The summed E-state index contributed by atoms with van der Waals surface area (Å²) in [4.78, 5) is 4.48. The Balaban J connectivity index is 1.93. The van der Waals surface area contributed by atoms with Gasteiger partial charge in [-0.3, -0.25) is 0 Å². The van der Waals surface area contributed by atoms with Crippen LogP contribution in [-0.2, 0) is 0 Å². The summed E-state index contributed by atoms with van der Waals surface area (Å²) >= 11 is 1.62. The Morgan fingerprint density at radius 2 is 1.58 bits per heavy atom. The molecule has 0 spiro atoms. The molecule has 0 saturated carbocycles. The molecule has 3 heteroatoms. The number of benzene rings is 2. The fraction of sp³-hybridized carbons (Fsp3) is 0.188. The largest absolute Gasteiger partial charge is 0.368 e. The molecule has 3 rings (SSSR count). The molecule has 0 aliphatic carbocycles. The van der Waals surface area contributed by atoms with Crippen molar-refractivity contribution in [3.8, 4) is 0 Å². The van der Waals surface area contributed by atoms with Gasteiger partial charge >= 0.3 is 0 Å². The summed E-state index contributed by atoms with van der Waals surface area (Å²) in [5.41, 5.74) is 1.11. The standard InChI is InChI=1S/C16H15NOS/c1-16(18)14(12-8-4-2-5-9-12)19-15(17-16)13-10-6-3-7-11-13/h2-11,14,18H,1H3. The second kappa shape index (κ2) is 4.83. The fourth-order valence-electron chi connectivity index (χ4n) is 2.24. The molecule has 0 amide bonds. The summed E-state index contributed by atoms with van der Waals surface area (Å²) in [6.45, 7) is 1.77. The summed E-state index contributed by atoms with van der Waals surface area (Å²) < 4.78 is 0. The van der Waals surface area contributed by atoms with Crippen molar-refractivity contribution in [2.24, 2.45) is 4.99 Å². The van der Waals surface area contributed by atoms with Crippen molar-refractivity contribution < 1.29 is 5.11 Å². The van der Waals surface area contributed by atoms with Gasteiger partial charge in [-0.15, -0.1) is 0 Å². The molecule has 0 bridgehead atoms. The number of nitrogens with zero attached hydrogens (tertiary/aromatic N) is 1. The van der Waals surface area contributed by atoms with Crippen LogP contribution in [0.5, 0.6) is 0 Å². The quantitative estimate of drug-likeness (QED) is 0.903. The molecule has 1 aliphatic heterocycles. The zero-order chi connectivity index (χ0) is 13.3. The number of thioether (sulfide) groups is 1. The van der Waals surface area contributed by atoms with Gasteiger partial charge in [-0.1, -0.05) is 72.4 Å². The van der Waals surface area contributed by atoms with Crippen molar-refractivity contribution in [2.75, 3.05) is 0 Å². The summed E-state index contributed by atoms with van der Waals surface area (Å²) in [6, 6.07) is 20.0. The summed E-state index contributed by atoms with van der Waals surface area (Å²) in [6.07, 6.45) is 0. The van der Waals surface area contributed by atoms with Gasteiger partial charge < -0.3 is 5.11 Å². The van der Waals surface area contributed by atoms with E-state index in [1.165, 1.54) is 0 Å². The van der Waals surface area contributed by atoms with E-state index < -0.39 is 5.72 Å². The van der Waals surface area contributed by atoms with E-state index in [1.807, 2.05) is 60.7 Å². The molecule has 0 saturated heterocycles. The first-order valence-corrected chi connectivity index (χ1v) is 7.14. The van der Waals surface area contributed by atoms with Gasteiger partial charge in [0.05, 0.1) is 5.25 Å². The zero-order valence-corrected chi connectivity index (χ0v) is 11.5. The maximum atomic E-state index is 10.5. The van der Waals surface area contributed by atoms with E-state index in [0.717, 1.165) is 16.2 Å². The number of hydrogen-bond donors (Lipinski definition) is 1. The van der Waals surface area contributed by atoms with Gasteiger partial charge in [0, 0.05) is 5.56 Å². The highest BCUT2D eigenvalue weighted by Crippen LogP contribution is 2.46. The predicted octanol–water partition coefficient (Wildman–Crippen LogP) is 3.63. The SMILES string of the molecule is CC1(O)N=C(c2ccccc2)SC1c1ccccc1. The van der Waals surface area contributed by atoms with E-state index in [2.05, 4.69) is 4.99 Å². The van der Waals surface area contributed by atoms with Crippen LogP contribution in [0.2, 0.25) is 0 Å². The second-order valence-corrected chi connectivity index (χ2v) is 5.88. The highest BCUT2D eigenvalue weighted by Gasteiger charge is 2.40. The molecule has 0 radical (unpaired) electrons. The van der Waals surface area contributed by atoms with Crippen LogP contribution >= 0.6 is 11.8 Å². The fourth-order valence-corrected chi connectivity index (χ4v) is 3.54. The molecule has 96 valence electrons. The highest BCUT2D eigenvalue weighted by atomic mass is 32.2. The smallest absolute Gasteiger partial charge is 0.170 e. The molecule has 1 aliphatic rings. The van der Waals surface area contributed by atoms with Gasteiger partial charge in [-0.05, 0) is 12.5 Å². The molecule has 2 unspecified atom stereocenters. The Morgan fingerprint density at radius 1 is 1.00 bits per heavy atom. The Hall–Kier alpha value is -1.58. The monoisotopic (exact) mass is 269 g/mol. The summed E-state index contributed by atoms with van der Waals surface area (Å²) in [5.74, 6) is 0. The van der Waals surface area contributed by atoms with Gasteiger partial charge in [0.15, 0.2) is 5.72 Å². The topological polar surface area (TPSA) is 32.6 Å². The Bertz CT molecular complexity index is 593. The number of aliphatic imine (C=N–C) groups is 1. The average molecular weight is 269 g/mol. The zero-order valence-electron chi connectivity index (χ0n) is 10.7. The normalized spacial score (nSPS) is 26.2. The Morgan fingerprint density at radius 3 is 2.21 bits per heavy atom. The lowest BCUT2D eigenvalue weighted by Gasteiger charge is -2.22. The van der Waals surface area contributed by atoms with E-state index in [4.69, 9.17) is 0 Å². The third kappa shape index (κ3) is 2.44. The number of aliphatic hydroxyl groups is 1. The van der Waals surface area contributed by atoms with Crippen molar-refractivity contribution in [1.82, 2.24) is 0 Å². The van der Waals surface area contributed by atoms with Crippen molar-refractivity contribution in [1.29, 1.82) is 0 Å². The maximum absolute atomic E-state index is 10.5. The second-order valence-electron chi connectivity index (χ2n) is 4.79. The lowest BCUT2D eigenvalue weighted by molar-refractivity contribution is 0.0706. The van der Waals surface area contributed by atoms with Gasteiger partial charge in [0.25, 0.3) is 0 Å². The first-order chi connectivity index (χ1) is 9.17. The molecule has 1 heterocycles. The molecule has 1 N–H and O–H groups in total. The van der Waals surface area contributed by atoms with Crippen LogP contribution in [0, 0.1) is 0 Å². The minimum Gasteiger partial charge on any atom is -0.368 e. The molecule has 2 nitrogen and oxygen atoms in total. The lowest BCUT2D eigenvalue weighted by atomic mass is 10.0. The van der Waals surface area contributed by atoms with Gasteiger partial charge in [-0.2, -0.15) is 0 Å². The number of rotatable bonds is 2. The highest BCUT2D eigenvalue weighted by molar-refractivity contribution is 8.15. The third-order valence-electron chi connectivity index (χ3n) is 3.18. The lowest BCUT2D eigenvalue weighted by Crippen LogP contribution is -2.24. The van der Waals surface area contributed by atoms with Crippen LogP contribution < -0.4 is 0 Å². The minimum absolute atomic E-state index is 0.0519. The van der Waals surface area contributed by atoms with Crippen LogP contribution in [0.25, 0.3) is 0 Å². The average Bonchev–Trinajstić information content (AvgIpc) is 2.77. The van der Waals surface area contributed by atoms with E-state index in [1.54, 1.807) is 18.7 Å². The van der Waals surface area contributed by atoms with E-state index >= 15 is 0 Å². The van der Waals surface area contributed by atoms with Crippen LogP contribution in [0.3, 0.4) is 0 Å². The van der Waals surface area contributed by atoms with Gasteiger partial charge in [-0.25, -0.2) is 4.99 Å². The molecule has 2 aromatic carbocycles. The summed E-state index contributed by atoms with van der Waals surface area (Å²) in [7, 11) is 0. The van der Waals surface area contributed by atoms with Crippen LogP contribution in [0.1, 0.15) is 23.3 Å². The third-order valence-corrected chi connectivity index (χ3v) is 4.68. The maximum Gasteiger partial charge on any atom is 0.170 e. The van der Waals surface area contributed by atoms with Gasteiger partial charge in [0.2, 0.25) is 0 Å².